The predicted octanol–water partition coefficient (Wildman–Crippen LogP) is 3.78. The molecule has 0 saturated heterocycles. The average Bonchev–Trinajstić information content (AvgIpc) is 3.19. The molecule has 4 rings (SSSR count). The van der Waals surface area contributed by atoms with Crippen LogP contribution in [0.1, 0.15) is 67.2 Å². The van der Waals surface area contributed by atoms with Crippen molar-refractivity contribution in [1.29, 1.82) is 5.26 Å². The van der Waals surface area contributed by atoms with Crippen LogP contribution in [0, 0.1) is 11.3 Å². The summed E-state index contributed by atoms with van der Waals surface area (Å²) in [7, 11) is -4.11. The van der Waals surface area contributed by atoms with Gasteiger partial charge in [0.1, 0.15) is 18.0 Å². The minimum atomic E-state index is -4.11. The molecule has 9 nitrogen and oxygen atoms in total. The van der Waals surface area contributed by atoms with Gasteiger partial charge in [0.15, 0.2) is 5.78 Å². The fourth-order valence-electron chi connectivity index (χ4n) is 4.70. The quantitative estimate of drug-likeness (QED) is 0.550. The van der Waals surface area contributed by atoms with E-state index < -0.39 is 27.3 Å². The van der Waals surface area contributed by atoms with Crippen molar-refractivity contribution in [2.45, 2.75) is 52.1 Å². The Morgan fingerprint density at radius 1 is 1.14 bits per heavy atom. The monoisotopic (exact) mass is 523 g/mol. The predicted molar refractivity (Wildman–Crippen MR) is 137 cm³/mol. The van der Waals surface area contributed by atoms with Gasteiger partial charge in [-0.15, -0.1) is 0 Å². The number of hydrogen-bond donors (Lipinski definition) is 2. The molecule has 37 heavy (non-hydrogen) atoms. The number of allylic oxidation sites excluding steroid dienone is 2. The molecule has 2 aliphatic carbocycles. The number of benzene rings is 2. The second-order valence-corrected chi connectivity index (χ2v) is 12.0. The Hall–Kier alpha value is -3.68. The summed E-state index contributed by atoms with van der Waals surface area (Å²) in [6.45, 7) is 8.90. The van der Waals surface area contributed by atoms with E-state index in [9.17, 15) is 23.3 Å². The number of carbonyl (C=O) groups excluding carboxylic acids is 2. The van der Waals surface area contributed by atoms with Gasteiger partial charge in [-0.3, -0.25) is 4.79 Å². The van der Waals surface area contributed by atoms with Gasteiger partial charge in [0, 0.05) is 23.1 Å². The first-order valence-electron chi connectivity index (χ1n) is 11.8. The van der Waals surface area contributed by atoms with Crippen LogP contribution in [0.3, 0.4) is 0 Å². The zero-order chi connectivity index (χ0) is 27.2. The number of fused-ring (bicyclic) bond motifs is 3. The third-order valence-electron chi connectivity index (χ3n) is 6.34. The molecule has 194 valence electrons. The van der Waals surface area contributed by atoms with Crippen molar-refractivity contribution in [1.82, 2.24) is 9.44 Å². The van der Waals surface area contributed by atoms with Crippen molar-refractivity contribution in [2.75, 3.05) is 13.2 Å². The molecule has 0 bridgehead atoms. The second-order valence-electron chi connectivity index (χ2n) is 10.5. The van der Waals surface area contributed by atoms with E-state index in [0.717, 1.165) is 22.3 Å². The molecular formula is C27H29N3O6S. The lowest BCUT2D eigenvalue weighted by Gasteiger charge is -2.34. The van der Waals surface area contributed by atoms with Gasteiger partial charge in [-0.2, -0.15) is 18.4 Å². The van der Waals surface area contributed by atoms with Crippen LogP contribution in [0.15, 0.2) is 42.0 Å². The Balaban J connectivity index is 1.44. The molecule has 0 atom stereocenters. The molecule has 0 radical (unpaired) electrons. The van der Waals surface area contributed by atoms with Crippen molar-refractivity contribution >= 4 is 27.7 Å². The molecule has 0 heterocycles. The van der Waals surface area contributed by atoms with Crippen LogP contribution in [-0.4, -0.2) is 39.0 Å². The average molecular weight is 524 g/mol. The van der Waals surface area contributed by atoms with Crippen LogP contribution in [0.5, 0.6) is 5.75 Å². The maximum atomic E-state index is 13.5. The summed E-state index contributed by atoms with van der Waals surface area (Å²) in [6, 6.07) is 12.8. The largest absolute Gasteiger partial charge is 0.492 e. The summed E-state index contributed by atoms with van der Waals surface area (Å²) < 4.78 is 38.8. The molecule has 2 aliphatic rings. The number of nitrogens with one attached hydrogen (secondary N) is 2. The van der Waals surface area contributed by atoms with Gasteiger partial charge in [0.25, 0.3) is 0 Å². The van der Waals surface area contributed by atoms with Gasteiger partial charge < -0.3 is 9.47 Å². The summed E-state index contributed by atoms with van der Waals surface area (Å²) in [5.41, 5.74) is 4.27. The highest BCUT2D eigenvalue weighted by atomic mass is 32.2. The number of Topliss-reactive ketones (excluding diaryl/α,β-unsaturated/α-hetero) is 1. The van der Waals surface area contributed by atoms with Gasteiger partial charge >= 0.3 is 16.3 Å². The summed E-state index contributed by atoms with van der Waals surface area (Å²) >= 11 is 0. The number of amides is 1. The van der Waals surface area contributed by atoms with E-state index in [2.05, 4.69) is 24.6 Å². The summed E-state index contributed by atoms with van der Waals surface area (Å²) in [4.78, 5) is 25.2. The molecule has 0 aliphatic heterocycles. The molecule has 0 fully saturated rings. The fourth-order valence-corrected chi connectivity index (χ4v) is 5.39. The zero-order valence-electron chi connectivity index (χ0n) is 21.4. The zero-order valence-corrected chi connectivity index (χ0v) is 22.2. The highest BCUT2D eigenvalue weighted by Gasteiger charge is 2.43. The minimum Gasteiger partial charge on any atom is -0.492 e. The lowest BCUT2D eigenvalue weighted by atomic mass is 9.68. The van der Waals surface area contributed by atoms with Crippen LogP contribution < -0.4 is 14.2 Å². The third kappa shape index (κ3) is 5.38. The van der Waals surface area contributed by atoms with Crippen LogP contribution in [0.4, 0.5) is 4.79 Å². The Kier molecular flexibility index (Phi) is 6.65. The van der Waals surface area contributed by atoms with E-state index in [4.69, 9.17) is 9.47 Å². The summed E-state index contributed by atoms with van der Waals surface area (Å²) in [5, 5.41) is 9.26. The highest BCUT2D eigenvalue weighted by molar-refractivity contribution is 7.88. The highest BCUT2D eigenvalue weighted by Crippen LogP contribution is 2.50. The Labute approximate surface area is 216 Å². The molecule has 10 heteroatoms. The standard InChI is InChI=1S/C27H29N3O6S/c1-26(2,3)36-25(32)30-37(33,34)29-10-11-35-18-7-9-20-21(14-18)27(4,5)22-13-17-12-16(15-28)6-8-19(17)23(22)24(20)31/h6-9,12,14,29H,10-11,13H2,1-5H3,(H,30,32). The van der Waals surface area contributed by atoms with Crippen molar-refractivity contribution in [3.8, 4) is 11.8 Å². The molecule has 2 aromatic carbocycles. The summed E-state index contributed by atoms with van der Waals surface area (Å²) in [6.07, 6.45) is -0.482. The second kappa shape index (κ2) is 9.32. The topological polar surface area (TPSA) is 135 Å². The van der Waals surface area contributed by atoms with E-state index in [1.807, 2.05) is 18.2 Å². The minimum absolute atomic E-state index is 0.00128. The van der Waals surface area contributed by atoms with E-state index in [1.165, 1.54) is 0 Å². The number of carbonyl (C=O) groups is 2. The van der Waals surface area contributed by atoms with Crippen molar-refractivity contribution in [3.05, 3.63) is 69.8 Å². The number of rotatable bonds is 6. The first-order chi connectivity index (χ1) is 17.2. The van der Waals surface area contributed by atoms with Crippen molar-refractivity contribution < 1.29 is 27.5 Å². The molecule has 0 spiro atoms. The van der Waals surface area contributed by atoms with Gasteiger partial charge in [0.05, 0.1) is 11.6 Å². The molecule has 2 N–H and O–H groups in total. The smallest absolute Gasteiger partial charge is 0.422 e. The van der Waals surface area contributed by atoms with E-state index in [1.54, 1.807) is 43.7 Å². The molecule has 2 aromatic rings. The maximum Gasteiger partial charge on any atom is 0.422 e. The van der Waals surface area contributed by atoms with E-state index in [-0.39, 0.29) is 18.9 Å². The first-order valence-corrected chi connectivity index (χ1v) is 13.3. The maximum absolute atomic E-state index is 13.5. The molecular weight excluding hydrogens is 494 g/mol. The van der Waals surface area contributed by atoms with Crippen LogP contribution >= 0.6 is 0 Å². The molecule has 0 unspecified atom stereocenters. The first kappa shape index (κ1) is 26.4. The van der Waals surface area contributed by atoms with Gasteiger partial charge in [-0.1, -0.05) is 19.9 Å². The number of hydrogen-bond acceptors (Lipinski definition) is 7. The van der Waals surface area contributed by atoms with Crippen molar-refractivity contribution in [3.63, 3.8) is 0 Å². The normalized spacial score (nSPS) is 15.8. The SMILES string of the molecule is CC(C)(C)OC(=O)NS(=O)(=O)NCCOc1ccc2c(c1)C(C)(C)C1=C(C2=O)c2ccc(C#N)cc2C1. The third-order valence-corrected chi connectivity index (χ3v) is 7.36. The van der Waals surface area contributed by atoms with Crippen LogP contribution in [0.25, 0.3) is 5.57 Å². The Bertz CT molecular complexity index is 1480. The number of ether oxygens (including phenoxy) is 2. The van der Waals surface area contributed by atoms with Gasteiger partial charge in [-0.25, -0.2) is 9.52 Å². The van der Waals surface area contributed by atoms with Gasteiger partial charge in [0.2, 0.25) is 0 Å². The van der Waals surface area contributed by atoms with E-state index in [0.29, 0.717) is 28.9 Å². The van der Waals surface area contributed by atoms with Crippen LogP contribution in [0.2, 0.25) is 0 Å². The van der Waals surface area contributed by atoms with Crippen molar-refractivity contribution in [2.24, 2.45) is 0 Å². The fraction of sp³-hybridized carbons (Fsp3) is 0.370. The number of nitrogens with zero attached hydrogens (tertiary/aromatic N) is 1. The lowest BCUT2D eigenvalue weighted by Crippen LogP contribution is -2.43. The van der Waals surface area contributed by atoms with E-state index >= 15 is 0 Å². The number of nitriles is 1. The molecule has 0 aromatic heterocycles. The Morgan fingerprint density at radius 3 is 2.51 bits per heavy atom. The summed E-state index contributed by atoms with van der Waals surface area (Å²) in [5.74, 6) is 0.436. The molecule has 0 saturated carbocycles. The van der Waals surface area contributed by atoms with Gasteiger partial charge in [-0.05, 0) is 79.8 Å². The van der Waals surface area contributed by atoms with Crippen LogP contribution in [-0.2, 0) is 26.8 Å². The lowest BCUT2D eigenvalue weighted by molar-refractivity contribution is 0.0569. The number of ketones is 1. The Morgan fingerprint density at radius 2 is 1.84 bits per heavy atom. The molecule has 1 amide bonds.